The van der Waals surface area contributed by atoms with E-state index in [0.717, 1.165) is 0 Å². The zero-order chi connectivity index (χ0) is 30.8. The molecule has 0 aromatic heterocycles. The summed E-state index contributed by atoms with van der Waals surface area (Å²) in [6.45, 7) is 0. The molecule has 12 heteroatoms. The summed E-state index contributed by atoms with van der Waals surface area (Å²) in [5, 5.41) is 57.0. The van der Waals surface area contributed by atoms with Crippen LogP contribution in [0.25, 0.3) is 11.6 Å². The van der Waals surface area contributed by atoms with Crippen LogP contribution in [-0.4, -0.2) is 92.8 Å². The molecule has 0 aliphatic heterocycles. The Balaban J connectivity index is 1.82. The number of rotatable bonds is 4. The first-order valence-electron chi connectivity index (χ1n) is 12.8. The van der Waals surface area contributed by atoms with Gasteiger partial charge in [0.2, 0.25) is 5.78 Å². The topological polar surface area (TPSA) is 208 Å². The van der Waals surface area contributed by atoms with Crippen molar-refractivity contribution in [3.05, 3.63) is 87.4 Å². The number of ether oxygens (including phenoxy) is 1. The summed E-state index contributed by atoms with van der Waals surface area (Å²) in [7, 11) is 4.15. The molecular formula is C30H28N2O10. The minimum absolute atomic E-state index is 0.212. The summed E-state index contributed by atoms with van der Waals surface area (Å²) in [5.41, 5.74) is 1.75. The first-order valence-corrected chi connectivity index (χ1v) is 12.8. The third kappa shape index (κ3) is 3.87. The van der Waals surface area contributed by atoms with Gasteiger partial charge in [0.15, 0.2) is 11.4 Å². The Kier molecular flexibility index (Phi) is 6.80. The summed E-state index contributed by atoms with van der Waals surface area (Å²) < 4.78 is 4.73. The number of nitrogens with zero attached hydrogens (tertiary/aromatic N) is 1. The molecule has 1 amide bonds. The molecule has 2 aromatic carbocycles. The number of hydrogen-bond acceptors (Lipinski definition) is 11. The third-order valence-electron chi connectivity index (χ3n) is 8.19. The number of aliphatic hydroxyl groups is 4. The van der Waals surface area contributed by atoms with Crippen LogP contribution in [0, 0.1) is 11.8 Å². The molecule has 218 valence electrons. The van der Waals surface area contributed by atoms with Gasteiger partial charge in [0, 0.05) is 5.92 Å². The van der Waals surface area contributed by atoms with E-state index in [9.17, 15) is 44.7 Å². The number of ketones is 2. The van der Waals surface area contributed by atoms with Crippen molar-refractivity contribution in [1.82, 2.24) is 4.90 Å². The van der Waals surface area contributed by atoms with E-state index < -0.39 is 81.4 Å². The van der Waals surface area contributed by atoms with Crippen LogP contribution in [-0.2, 0) is 14.3 Å². The fraction of sp³-hybridized carbons (Fsp3) is 0.267. The number of likely N-dealkylation sites (N-methyl/N-ethyl adjacent to an activating group) is 1. The highest BCUT2D eigenvalue weighted by Gasteiger charge is 2.67. The summed E-state index contributed by atoms with van der Waals surface area (Å²) in [5.74, 6) is -9.79. The fourth-order valence-corrected chi connectivity index (χ4v) is 6.33. The van der Waals surface area contributed by atoms with Crippen LogP contribution in [0.3, 0.4) is 0 Å². The number of fused-ring (bicyclic) bond motifs is 3. The number of aromatic hydroxyl groups is 1. The number of carbonyl (C=O) groups excluding carboxylic acids is 4. The van der Waals surface area contributed by atoms with Crippen LogP contribution in [0.1, 0.15) is 31.8 Å². The number of primary amides is 1. The molecule has 2 aromatic rings. The average Bonchev–Trinajstić information content (AvgIpc) is 2.94. The van der Waals surface area contributed by atoms with E-state index in [1.807, 2.05) is 0 Å². The van der Waals surface area contributed by atoms with E-state index in [1.54, 1.807) is 18.2 Å². The molecule has 3 aliphatic carbocycles. The predicted octanol–water partition coefficient (Wildman–Crippen LogP) is 0.876. The summed E-state index contributed by atoms with van der Waals surface area (Å²) in [4.78, 5) is 52.8. The van der Waals surface area contributed by atoms with Gasteiger partial charge in [0.05, 0.1) is 41.9 Å². The molecule has 0 bridgehead atoms. The van der Waals surface area contributed by atoms with Crippen molar-refractivity contribution in [3.63, 3.8) is 0 Å². The normalized spacial score (nSPS) is 28.0. The number of hydrogen-bond donors (Lipinski definition) is 6. The molecule has 5 rings (SSSR count). The van der Waals surface area contributed by atoms with E-state index in [2.05, 4.69) is 0 Å². The monoisotopic (exact) mass is 576 g/mol. The van der Waals surface area contributed by atoms with Gasteiger partial charge in [-0.05, 0) is 49.0 Å². The lowest BCUT2D eigenvalue weighted by Crippen LogP contribution is -2.68. The maximum absolute atomic E-state index is 13.8. The highest BCUT2D eigenvalue weighted by molar-refractivity contribution is 6.25. The standard InChI is InChI=1S/C30H28N2O10/c1-32(2)22-21-24(35)18-15(11-12-7-9-13(10-8-12)29(40)42-3)14-5-4-6-16(33)17(14)23(34)19(18)26(37)30(21,41)27(38)20(25(22)36)28(31)39/h4-11,18,21-22,24,33,35-37,41H,1-3H3,(H2,31,39)/b15-11+/t18-,21-,22+,24+,30+/m1/s1. The van der Waals surface area contributed by atoms with Gasteiger partial charge in [-0.2, -0.15) is 0 Å². The first kappa shape index (κ1) is 28.7. The number of benzene rings is 2. The Morgan fingerprint density at radius 1 is 1.05 bits per heavy atom. The van der Waals surface area contributed by atoms with Crippen molar-refractivity contribution in [2.45, 2.75) is 17.7 Å². The SMILES string of the molecule is COC(=O)c1ccc(/C=C2\c3cccc(O)c3C(=O)C3=C(O)[C@]4(O)C(=O)C(C(N)=O)=C(O)[C@@H](N(C)C)[C@@H]4[C@@H](O)[C@@H]32)cc1. The Morgan fingerprint density at radius 3 is 2.26 bits per heavy atom. The highest BCUT2D eigenvalue weighted by atomic mass is 16.5. The zero-order valence-corrected chi connectivity index (χ0v) is 22.7. The minimum atomic E-state index is -3.03. The molecule has 42 heavy (non-hydrogen) atoms. The molecule has 3 aliphatic rings. The largest absolute Gasteiger partial charge is 0.510 e. The molecule has 0 unspecified atom stereocenters. The molecule has 0 saturated heterocycles. The maximum Gasteiger partial charge on any atom is 0.337 e. The summed E-state index contributed by atoms with van der Waals surface area (Å²) in [6.07, 6.45) is -0.231. The van der Waals surface area contributed by atoms with Crippen LogP contribution in [0.15, 0.2) is 65.1 Å². The minimum Gasteiger partial charge on any atom is -0.510 e. The van der Waals surface area contributed by atoms with Crippen LogP contribution >= 0.6 is 0 Å². The van der Waals surface area contributed by atoms with Crippen molar-refractivity contribution in [2.24, 2.45) is 17.6 Å². The molecule has 12 nitrogen and oxygen atoms in total. The quantitative estimate of drug-likeness (QED) is 0.222. The molecule has 7 N–H and O–H groups in total. The number of methoxy groups -OCH3 is 1. The van der Waals surface area contributed by atoms with Crippen LogP contribution < -0.4 is 5.73 Å². The highest BCUT2D eigenvalue weighted by Crippen LogP contribution is 2.55. The van der Waals surface area contributed by atoms with Crippen molar-refractivity contribution in [2.75, 3.05) is 21.2 Å². The van der Waals surface area contributed by atoms with E-state index in [-0.39, 0.29) is 22.3 Å². The Hall–Kier alpha value is -4.78. The Morgan fingerprint density at radius 2 is 1.69 bits per heavy atom. The van der Waals surface area contributed by atoms with E-state index in [0.29, 0.717) is 5.56 Å². The smallest absolute Gasteiger partial charge is 0.337 e. The van der Waals surface area contributed by atoms with Gasteiger partial charge in [-0.3, -0.25) is 19.3 Å². The lowest BCUT2D eigenvalue weighted by molar-refractivity contribution is -0.159. The third-order valence-corrected chi connectivity index (χ3v) is 8.19. The van der Waals surface area contributed by atoms with Gasteiger partial charge in [0.1, 0.15) is 22.8 Å². The van der Waals surface area contributed by atoms with Gasteiger partial charge in [-0.15, -0.1) is 0 Å². The number of esters is 1. The van der Waals surface area contributed by atoms with Gasteiger partial charge in [0.25, 0.3) is 5.91 Å². The zero-order valence-electron chi connectivity index (χ0n) is 22.7. The Labute approximate surface area is 239 Å². The Bertz CT molecular complexity index is 1650. The van der Waals surface area contributed by atoms with Gasteiger partial charge >= 0.3 is 5.97 Å². The molecule has 0 radical (unpaired) electrons. The summed E-state index contributed by atoms with van der Waals surface area (Å²) in [6, 6.07) is 9.01. The number of Topliss-reactive ketones (excluding diaryl/α,β-unsaturated/α-hetero) is 2. The van der Waals surface area contributed by atoms with E-state index in [1.165, 1.54) is 56.4 Å². The van der Waals surface area contributed by atoms with Crippen molar-refractivity contribution in [1.29, 1.82) is 0 Å². The summed E-state index contributed by atoms with van der Waals surface area (Å²) >= 11 is 0. The second kappa shape index (κ2) is 9.94. The lowest BCUT2D eigenvalue weighted by Gasteiger charge is -2.52. The first-order chi connectivity index (χ1) is 19.8. The number of carbonyl (C=O) groups is 4. The fourth-order valence-electron chi connectivity index (χ4n) is 6.33. The van der Waals surface area contributed by atoms with Crippen LogP contribution in [0.5, 0.6) is 5.75 Å². The van der Waals surface area contributed by atoms with Crippen LogP contribution in [0.2, 0.25) is 0 Å². The molecule has 0 spiro atoms. The molecular weight excluding hydrogens is 548 g/mol. The number of phenols is 1. The number of aliphatic hydroxyl groups excluding tert-OH is 3. The van der Waals surface area contributed by atoms with E-state index in [4.69, 9.17) is 10.5 Å². The number of amides is 1. The van der Waals surface area contributed by atoms with Gasteiger partial charge < -0.3 is 36.0 Å². The number of nitrogens with two attached hydrogens (primary N) is 1. The molecule has 0 heterocycles. The second-order valence-corrected chi connectivity index (χ2v) is 10.6. The van der Waals surface area contributed by atoms with Crippen molar-refractivity contribution < 1.29 is 49.4 Å². The molecule has 0 fully saturated rings. The predicted molar refractivity (Wildman–Crippen MR) is 147 cm³/mol. The lowest BCUT2D eigenvalue weighted by atomic mass is 9.56. The van der Waals surface area contributed by atoms with Gasteiger partial charge in [-0.25, -0.2) is 4.79 Å². The second-order valence-electron chi connectivity index (χ2n) is 10.6. The average molecular weight is 577 g/mol. The molecule has 0 saturated carbocycles. The maximum atomic E-state index is 13.8. The van der Waals surface area contributed by atoms with Crippen molar-refractivity contribution in [3.8, 4) is 5.75 Å². The van der Waals surface area contributed by atoms with E-state index >= 15 is 0 Å². The van der Waals surface area contributed by atoms with Crippen molar-refractivity contribution >= 4 is 35.1 Å². The van der Waals surface area contributed by atoms with Crippen LogP contribution in [0.4, 0.5) is 0 Å². The van der Waals surface area contributed by atoms with Gasteiger partial charge in [-0.1, -0.05) is 30.3 Å². The number of phenolic OH excluding ortho intramolecular Hbond substituents is 1. The molecule has 5 atom stereocenters.